The Hall–Kier alpha value is -2.61. The molecule has 0 saturated heterocycles. The maximum Gasteiger partial charge on any atom is 0.193 e. The summed E-state index contributed by atoms with van der Waals surface area (Å²) in [6.07, 6.45) is 6.46. The van der Waals surface area contributed by atoms with Crippen LogP contribution in [0.3, 0.4) is 0 Å². The lowest BCUT2D eigenvalue weighted by Gasteiger charge is -2.22. The van der Waals surface area contributed by atoms with Crippen molar-refractivity contribution < 1.29 is 4.79 Å². The van der Waals surface area contributed by atoms with Gasteiger partial charge in [0, 0.05) is 24.2 Å². The molecule has 0 bridgehead atoms. The average Bonchev–Trinajstić information content (AvgIpc) is 2.58. The normalized spacial score (nSPS) is 13.9. The van der Waals surface area contributed by atoms with E-state index in [1.54, 1.807) is 0 Å². The van der Waals surface area contributed by atoms with Crippen LogP contribution in [0.15, 0.2) is 78.5 Å². The molecular formula is C20H19NO. The molecule has 2 aromatic carbocycles. The van der Waals surface area contributed by atoms with Gasteiger partial charge in [-0.2, -0.15) is 0 Å². The van der Waals surface area contributed by atoms with E-state index in [9.17, 15) is 4.79 Å². The first-order valence-electron chi connectivity index (χ1n) is 7.50. The highest BCUT2D eigenvalue weighted by Crippen LogP contribution is 2.14. The molecule has 3 rings (SSSR count). The summed E-state index contributed by atoms with van der Waals surface area (Å²) in [5, 5.41) is 0. The molecule has 0 aliphatic carbocycles. The van der Waals surface area contributed by atoms with Crippen molar-refractivity contribution in [3.05, 3.63) is 95.2 Å². The van der Waals surface area contributed by atoms with Crippen LogP contribution in [0.2, 0.25) is 0 Å². The van der Waals surface area contributed by atoms with E-state index < -0.39 is 0 Å². The van der Waals surface area contributed by atoms with E-state index in [2.05, 4.69) is 30.2 Å². The Balaban J connectivity index is 1.68. The molecule has 2 aromatic rings. The lowest BCUT2D eigenvalue weighted by Crippen LogP contribution is -2.19. The minimum absolute atomic E-state index is 0.0728. The predicted molar refractivity (Wildman–Crippen MR) is 89.6 cm³/mol. The predicted octanol–water partition coefficient (Wildman–Crippen LogP) is 4.19. The number of allylic oxidation sites excluding steroid dienone is 2. The lowest BCUT2D eigenvalue weighted by molar-refractivity contribution is 0.103. The van der Waals surface area contributed by atoms with Gasteiger partial charge in [0.25, 0.3) is 0 Å². The number of nitrogens with zero attached hydrogens (tertiary/aromatic N) is 1. The van der Waals surface area contributed by atoms with Gasteiger partial charge in [-0.3, -0.25) is 4.79 Å². The van der Waals surface area contributed by atoms with Crippen molar-refractivity contribution in [2.75, 3.05) is 6.54 Å². The third-order valence-corrected chi connectivity index (χ3v) is 3.83. The fourth-order valence-corrected chi connectivity index (χ4v) is 2.48. The van der Waals surface area contributed by atoms with E-state index in [0.717, 1.165) is 24.2 Å². The van der Waals surface area contributed by atoms with Gasteiger partial charge in [0.1, 0.15) is 0 Å². The van der Waals surface area contributed by atoms with Crippen LogP contribution in [-0.2, 0) is 6.54 Å². The van der Waals surface area contributed by atoms with Gasteiger partial charge in [0.2, 0.25) is 0 Å². The molecule has 1 heterocycles. The molecule has 0 saturated carbocycles. The molecule has 0 atom stereocenters. The second kappa shape index (κ2) is 6.44. The maximum atomic E-state index is 12.4. The molecule has 2 nitrogen and oxygen atoms in total. The van der Waals surface area contributed by atoms with E-state index in [1.165, 1.54) is 11.1 Å². The molecule has 0 fully saturated rings. The summed E-state index contributed by atoms with van der Waals surface area (Å²) in [6.45, 7) is 3.91. The number of hydrogen-bond donors (Lipinski definition) is 0. The number of ketones is 1. The molecule has 1 aliphatic rings. The minimum atomic E-state index is 0.0728. The zero-order chi connectivity index (χ0) is 15.4. The van der Waals surface area contributed by atoms with Crippen LogP contribution in [0.4, 0.5) is 0 Å². The van der Waals surface area contributed by atoms with E-state index in [-0.39, 0.29) is 5.78 Å². The molecule has 110 valence electrons. The number of hydrogen-bond acceptors (Lipinski definition) is 2. The summed E-state index contributed by atoms with van der Waals surface area (Å²) in [5.41, 5.74) is 3.98. The maximum absolute atomic E-state index is 12.4. The van der Waals surface area contributed by atoms with Gasteiger partial charge in [0.05, 0.1) is 0 Å². The monoisotopic (exact) mass is 289 g/mol. The summed E-state index contributed by atoms with van der Waals surface area (Å²) in [7, 11) is 0. The van der Waals surface area contributed by atoms with Gasteiger partial charge in [-0.15, -0.1) is 0 Å². The Morgan fingerprint density at radius 2 is 1.68 bits per heavy atom. The zero-order valence-corrected chi connectivity index (χ0v) is 12.7. The molecule has 0 amide bonds. The van der Waals surface area contributed by atoms with Crippen LogP contribution in [0, 0.1) is 0 Å². The van der Waals surface area contributed by atoms with Gasteiger partial charge >= 0.3 is 0 Å². The van der Waals surface area contributed by atoms with Crippen molar-refractivity contribution in [2.24, 2.45) is 0 Å². The highest BCUT2D eigenvalue weighted by molar-refractivity contribution is 6.08. The Morgan fingerprint density at radius 3 is 2.32 bits per heavy atom. The molecule has 0 aromatic heterocycles. The number of carbonyl (C=O) groups excluding carboxylic acids is 1. The van der Waals surface area contributed by atoms with Gasteiger partial charge in [0.15, 0.2) is 5.78 Å². The second-order valence-corrected chi connectivity index (χ2v) is 5.59. The lowest BCUT2D eigenvalue weighted by atomic mass is 10.0. The molecule has 22 heavy (non-hydrogen) atoms. The molecule has 0 unspecified atom stereocenters. The van der Waals surface area contributed by atoms with Gasteiger partial charge < -0.3 is 4.90 Å². The van der Waals surface area contributed by atoms with Crippen molar-refractivity contribution in [2.45, 2.75) is 13.5 Å². The standard InChI is InChI=1S/C20H19NO/c1-16-11-13-21(14-12-16)15-17-7-9-19(10-8-17)20(22)18-5-3-2-4-6-18/h2-13H,14-15H2,1H3. The third-order valence-electron chi connectivity index (χ3n) is 3.83. The fourth-order valence-electron chi connectivity index (χ4n) is 2.48. The van der Waals surface area contributed by atoms with E-state index in [1.807, 2.05) is 54.6 Å². The first-order valence-corrected chi connectivity index (χ1v) is 7.50. The second-order valence-electron chi connectivity index (χ2n) is 5.59. The molecule has 0 N–H and O–H groups in total. The number of rotatable bonds is 4. The zero-order valence-electron chi connectivity index (χ0n) is 12.7. The molecular weight excluding hydrogens is 270 g/mol. The summed E-state index contributed by atoms with van der Waals surface area (Å²) in [6, 6.07) is 17.3. The van der Waals surface area contributed by atoms with Crippen molar-refractivity contribution >= 4 is 5.78 Å². The van der Waals surface area contributed by atoms with Crippen LogP contribution in [0.1, 0.15) is 28.4 Å². The van der Waals surface area contributed by atoms with Crippen LogP contribution in [0.25, 0.3) is 0 Å². The molecule has 2 heteroatoms. The third kappa shape index (κ3) is 3.34. The topological polar surface area (TPSA) is 20.3 Å². The first kappa shape index (κ1) is 14.3. The summed E-state index contributed by atoms with van der Waals surface area (Å²) < 4.78 is 0. The Kier molecular flexibility index (Phi) is 4.19. The van der Waals surface area contributed by atoms with Crippen molar-refractivity contribution in [3.63, 3.8) is 0 Å². The Morgan fingerprint density at radius 1 is 1.00 bits per heavy atom. The molecule has 1 aliphatic heterocycles. The molecule has 0 spiro atoms. The van der Waals surface area contributed by atoms with E-state index in [4.69, 9.17) is 0 Å². The quantitative estimate of drug-likeness (QED) is 0.786. The van der Waals surface area contributed by atoms with Crippen molar-refractivity contribution in [1.82, 2.24) is 4.90 Å². The van der Waals surface area contributed by atoms with Crippen LogP contribution in [0.5, 0.6) is 0 Å². The summed E-state index contributed by atoms with van der Waals surface area (Å²) in [4.78, 5) is 14.6. The van der Waals surface area contributed by atoms with Gasteiger partial charge in [-0.05, 0) is 24.8 Å². The molecule has 0 radical (unpaired) electrons. The van der Waals surface area contributed by atoms with E-state index >= 15 is 0 Å². The van der Waals surface area contributed by atoms with E-state index in [0.29, 0.717) is 0 Å². The van der Waals surface area contributed by atoms with Crippen molar-refractivity contribution in [1.29, 1.82) is 0 Å². The summed E-state index contributed by atoms with van der Waals surface area (Å²) in [5.74, 6) is 0.0728. The number of benzene rings is 2. The highest BCUT2D eigenvalue weighted by atomic mass is 16.1. The van der Waals surface area contributed by atoms with Crippen LogP contribution < -0.4 is 0 Å². The van der Waals surface area contributed by atoms with Crippen LogP contribution >= 0.6 is 0 Å². The Bertz CT molecular complexity index is 711. The van der Waals surface area contributed by atoms with Gasteiger partial charge in [-0.25, -0.2) is 0 Å². The van der Waals surface area contributed by atoms with Gasteiger partial charge in [-0.1, -0.05) is 66.2 Å². The highest BCUT2D eigenvalue weighted by Gasteiger charge is 2.09. The van der Waals surface area contributed by atoms with Crippen LogP contribution in [-0.4, -0.2) is 17.2 Å². The largest absolute Gasteiger partial charge is 0.369 e. The average molecular weight is 289 g/mol. The smallest absolute Gasteiger partial charge is 0.193 e. The number of carbonyl (C=O) groups is 1. The Labute approximate surface area is 131 Å². The first-order chi connectivity index (χ1) is 10.7. The van der Waals surface area contributed by atoms with Crippen molar-refractivity contribution in [3.8, 4) is 0 Å². The fraction of sp³-hybridized carbons (Fsp3) is 0.150. The summed E-state index contributed by atoms with van der Waals surface area (Å²) >= 11 is 0. The SMILES string of the molecule is CC1=CCN(Cc2ccc(C(=O)c3ccccc3)cc2)C=C1. The minimum Gasteiger partial charge on any atom is -0.369 e.